The largest absolute Gasteiger partial charge is 0.350 e. The predicted molar refractivity (Wildman–Crippen MR) is 75.1 cm³/mol. The molecule has 1 atom stereocenters. The molecule has 1 amide bonds. The van der Waals surface area contributed by atoms with Crippen LogP contribution >= 0.6 is 22.9 Å². The molecule has 0 saturated heterocycles. The van der Waals surface area contributed by atoms with E-state index in [-0.39, 0.29) is 16.7 Å². The molecule has 17 heavy (non-hydrogen) atoms. The van der Waals surface area contributed by atoms with Gasteiger partial charge in [0, 0.05) is 6.54 Å². The van der Waals surface area contributed by atoms with Crippen LogP contribution in [0.15, 0.2) is 11.4 Å². The minimum absolute atomic E-state index is 0.0146. The number of thiophene rings is 1. The van der Waals surface area contributed by atoms with E-state index < -0.39 is 0 Å². The van der Waals surface area contributed by atoms with Gasteiger partial charge in [-0.3, -0.25) is 4.79 Å². The standard InChI is InChI=1S/C13H20ClNOS/c1-9-5-6-17-11(9)12(16)15-8-10(14)7-13(2,3)4/h5-6,10H,7-8H2,1-4H3,(H,15,16). The highest BCUT2D eigenvalue weighted by Gasteiger charge is 2.18. The van der Waals surface area contributed by atoms with E-state index in [1.54, 1.807) is 0 Å². The van der Waals surface area contributed by atoms with Crippen LogP contribution in [0.4, 0.5) is 0 Å². The summed E-state index contributed by atoms with van der Waals surface area (Å²) in [5.41, 5.74) is 1.21. The zero-order valence-electron chi connectivity index (χ0n) is 10.8. The van der Waals surface area contributed by atoms with E-state index in [4.69, 9.17) is 11.6 Å². The first kappa shape index (κ1) is 14.5. The highest BCUT2D eigenvalue weighted by atomic mass is 35.5. The number of carbonyl (C=O) groups excluding carboxylic acids is 1. The zero-order chi connectivity index (χ0) is 13.1. The summed E-state index contributed by atoms with van der Waals surface area (Å²) < 4.78 is 0. The monoisotopic (exact) mass is 273 g/mol. The van der Waals surface area contributed by atoms with Crippen LogP contribution in [0.3, 0.4) is 0 Å². The minimum Gasteiger partial charge on any atom is -0.350 e. The summed E-state index contributed by atoms with van der Waals surface area (Å²) in [6.07, 6.45) is 0.887. The Kier molecular flexibility index (Phi) is 5.02. The molecule has 4 heteroatoms. The molecule has 0 fully saturated rings. The van der Waals surface area contributed by atoms with Crippen molar-refractivity contribution in [2.45, 2.75) is 39.5 Å². The van der Waals surface area contributed by atoms with Gasteiger partial charge >= 0.3 is 0 Å². The topological polar surface area (TPSA) is 29.1 Å². The number of hydrogen-bond acceptors (Lipinski definition) is 2. The number of rotatable bonds is 4. The van der Waals surface area contributed by atoms with Gasteiger partial charge in [0.05, 0.1) is 10.3 Å². The molecule has 1 aromatic rings. The molecule has 1 heterocycles. The van der Waals surface area contributed by atoms with E-state index in [0.717, 1.165) is 16.9 Å². The van der Waals surface area contributed by atoms with Crippen molar-refractivity contribution in [1.29, 1.82) is 0 Å². The molecule has 0 bridgehead atoms. The lowest BCUT2D eigenvalue weighted by Gasteiger charge is -2.21. The van der Waals surface area contributed by atoms with Gasteiger partial charge in [0.2, 0.25) is 0 Å². The number of hydrogen-bond donors (Lipinski definition) is 1. The van der Waals surface area contributed by atoms with Crippen molar-refractivity contribution in [1.82, 2.24) is 5.32 Å². The van der Waals surface area contributed by atoms with Gasteiger partial charge in [0.25, 0.3) is 5.91 Å². The Bertz CT molecular complexity index is 381. The van der Waals surface area contributed by atoms with Crippen LogP contribution in [-0.4, -0.2) is 17.8 Å². The molecule has 0 spiro atoms. The van der Waals surface area contributed by atoms with Crippen LogP contribution in [0.2, 0.25) is 0 Å². The Balaban J connectivity index is 2.42. The Hall–Kier alpha value is -0.540. The maximum atomic E-state index is 11.8. The minimum atomic E-state index is -0.0166. The number of nitrogens with one attached hydrogen (secondary N) is 1. The predicted octanol–water partition coefficient (Wildman–Crippen LogP) is 3.83. The van der Waals surface area contributed by atoms with E-state index in [9.17, 15) is 4.79 Å². The summed E-state index contributed by atoms with van der Waals surface area (Å²) in [4.78, 5) is 12.6. The quantitative estimate of drug-likeness (QED) is 0.830. The molecule has 0 aliphatic heterocycles. The first-order valence-corrected chi connectivity index (χ1v) is 7.07. The number of alkyl halides is 1. The fraction of sp³-hybridized carbons (Fsp3) is 0.615. The molecule has 2 nitrogen and oxygen atoms in total. The molecule has 96 valence electrons. The molecular weight excluding hydrogens is 254 g/mol. The van der Waals surface area contributed by atoms with Crippen molar-refractivity contribution in [2.24, 2.45) is 5.41 Å². The smallest absolute Gasteiger partial charge is 0.261 e. The average Bonchev–Trinajstić information content (AvgIpc) is 2.58. The maximum absolute atomic E-state index is 11.8. The number of aryl methyl sites for hydroxylation is 1. The molecule has 0 aliphatic rings. The van der Waals surface area contributed by atoms with Crippen molar-refractivity contribution in [3.05, 3.63) is 21.9 Å². The SMILES string of the molecule is Cc1ccsc1C(=O)NCC(Cl)CC(C)(C)C. The summed E-state index contributed by atoms with van der Waals surface area (Å²) in [7, 11) is 0. The Morgan fingerprint density at radius 3 is 2.65 bits per heavy atom. The molecule has 1 aromatic heterocycles. The first-order valence-electron chi connectivity index (χ1n) is 5.76. The Morgan fingerprint density at radius 1 is 1.53 bits per heavy atom. The molecule has 1 N–H and O–H groups in total. The van der Waals surface area contributed by atoms with E-state index in [2.05, 4.69) is 26.1 Å². The second kappa shape index (κ2) is 5.87. The number of carbonyl (C=O) groups is 1. The van der Waals surface area contributed by atoms with Crippen LogP contribution in [0.25, 0.3) is 0 Å². The maximum Gasteiger partial charge on any atom is 0.261 e. The summed E-state index contributed by atoms with van der Waals surface area (Å²) in [6, 6.07) is 1.95. The molecular formula is C13H20ClNOS. The van der Waals surface area contributed by atoms with Crippen molar-refractivity contribution < 1.29 is 4.79 Å². The highest BCUT2D eigenvalue weighted by molar-refractivity contribution is 7.12. The second-order valence-electron chi connectivity index (χ2n) is 5.50. The van der Waals surface area contributed by atoms with Crippen molar-refractivity contribution in [3.8, 4) is 0 Å². The zero-order valence-corrected chi connectivity index (χ0v) is 12.4. The second-order valence-corrected chi connectivity index (χ2v) is 7.04. The lowest BCUT2D eigenvalue weighted by atomic mass is 9.90. The average molecular weight is 274 g/mol. The van der Waals surface area contributed by atoms with Crippen LogP contribution < -0.4 is 5.32 Å². The summed E-state index contributed by atoms with van der Waals surface area (Å²) in [6.45, 7) is 8.91. The first-order chi connectivity index (χ1) is 7.79. The van der Waals surface area contributed by atoms with Crippen LogP contribution in [0.5, 0.6) is 0 Å². The third-order valence-corrected chi connectivity index (χ3v) is 3.71. The fourth-order valence-electron chi connectivity index (χ4n) is 1.63. The molecule has 0 saturated carbocycles. The van der Waals surface area contributed by atoms with Gasteiger partial charge < -0.3 is 5.32 Å². The highest BCUT2D eigenvalue weighted by Crippen LogP contribution is 2.23. The molecule has 1 unspecified atom stereocenters. The van der Waals surface area contributed by atoms with Gasteiger partial charge in [-0.2, -0.15) is 0 Å². The fourth-order valence-corrected chi connectivity index (χ4v) is 3.01. The van der Waals surface area contributed by atoms with Crippen LogP contribution in [0, 0.1) is 12.3 Å². The third-order valence-electron chi connectivity index (χ3n) is 2.39. The molecule has 0 aromatic carbocycles. The number of amides is 1. The van der Waals surface area contributed by atoms with Crippen molar-refractivity contribution >= 4 is 28.8 Å². The van der Waals surface area contributed by atoms with Crippen LogP contribution in [0.1, 0.15) is 42.4 Å². The summed E-state index contributed by atoms with van der Waals surface area (Å²) in [5.74, 6) is -0.0166. The van der Waals surface area contributed by atoms with E-state index >= 15 is 0 Å². The van der Waals surface area contributed by atoms with Gasteiger partial charge in [-0.05, 0) is 35.8 Å². The van der Waals surface area contributed by atoms with Crippen molar-refractivity contribution in [2.75, 3.05) is 6.54 Å². The number of halogens is 1. The third kappa shape index (κ3) is 5.09. The van der Waals surface area contributed by atoms with E-state index in [0.29, 0.717) is 6.54 Å². The van der Waals surface area contributed by atoms with Gasteiger partial charge in [0.1, 0.15) is 0 Å². The van der Waals surface area contributed by atoms with Gasteiger partial charge in [0.15, 0.2) is 0 Å². The van der Waals surface area contributed by atoms with Gasteiger partial charge in [-0.1, -0.05) is 20.8 Å². The Labute approximate surface area is 112 Å². The Morgan fingerprint density at radius 2 is 2.18 bits per heavy atom. The molecule has 0 radical (unpaired) electrons. The van der Waals surface area contributed by atoms with E-state index in [1.807, 2.05) is 18.4 Å². The summed E-state index contributed by atoms with van der Waals surface area (Å²) >= 11 is 7.67. The summed E-state index contributed by atoms with van der Waals surface area (Å²) in [5, 5.41) is 4.80. The lowest BCUT2D eigenvalue weighted by molar-refractivity contribution is 0.0955. The lowest BCUT2D eigenvalue weighted by Crippen LogP contribution is -2.31. The molecule has 0 aliphatic carbocycles. The van der Waals surface area contributed by atoms with Gasteiger partial charge in [-0.25, -0.2) is 0 Å². The normalized spacial score (nSPS) is 13.5. The van der Waals surface area contributed by atoms with E-state index in [1.165, 1.54) is 11.3 Å². The van der Waals surface area contributed by atoms with Crippen LogP contribution in [-0.2, 0) is 0 Å². The van der Waals surface area contributed by atoms with Gasteiger partial charge in [-0.15, -0.1) is 22.9 Å². The molecule has 1 rings (SSSR count). The van der Waals surface area contributed by atoms with Crippen molar-refractivity contribution in [3.63, 3.8) is 0 Å².